The summed E-state index contributed by atoms with van der Waals surface area (Å²) in [6.07, 6.45) is 5.60. The van der Waals surface area contributed by atoms with Gasteiger partial charge in [-0.1, -0.05) is 35.8 Å². The highest BCUT2D eigenvalue weighted by Gasteiger charge is 2.34. The number of anilines is 1. The first-order valence-electron chi connectivity index (χ1n) is 7.92. The van der Waals surface area contributed by atoms with E-state index in [0.29, 0.717) is 6.04 Å². The van der Waals surface area contributed by atoms with Crippen molar-refractivity contribution in [3.05, 3.63) is 28.2 Å². The number of hydrogen-bond donors (Lipinski definition) is 1. The highest BCUT2D eigenvalue weighted by molar-refractivity contribution is 9.10. The predicted molar refractivity (Wildman–Crippen MR) is 89.2 cm³/mol. The minimum Gasteiger partial charge on any atom is -0.368 e. The van der Waals surface area contributed by atoms with Gasteiger partial charge in [0.05, 0.1) is 0 Å². The molecule has 1 N–H and O–H groups in total. The molecular formula is C17H25BrN2. The zero-order valence-electron chi connectivity index (χ0n) is 12.5. The Balaban J connectivity index is 1.81. The molecular weight excluding hydrogens is 312 g/mol. The van der Waals surface area contributed by atoms with E-state index in [-0.39, 0.29) is 0 Å². The van der Waals surface area contributed by atoms with Gasteiger partial charge in [-0.25, -0.2) is 0 Å². The molecule has 0 aromatic heterocycles. The van der Waals surface area contributed by atoms with Crippen LogP contribution in [0.25, 0.3) is 0 Å². The lowest BCUT2D eigenvalue weighted by atomic mass is 10.1. The Hall–Kier alpha value is -0.540. The SMILES string of the molecule is CC(C)NCc1ccc(Br)cc1N(CC1CC1)C1CC1. The fourth-order valence-corrected chi connectivity index (χ4v) is 3.03. The Morgan fingerprint density at radius 1 is 1.25 bits per heavy atom. The summed E-state index contributed by atoms with van der Waals surface area (Å²) in [6.45, 7) is 6.65. The van der Waals surface area contributed by atoms with E-state index in [9.17, 15) is 0 Å². The van der Waals surface area contributed by atoms with Crippen molar-refractivity contribution < 1.29 is 0 Å². The standard InChI is InChI=1S/C17H25BrN2/c1-12(2)19-10-14-5-6-15(18)9-17(14)20(16-7-8-16)11-13-3-4-13/h5-6,9,12-13,16,19H,3-4,7-8,10-11H2,1-2H3. The van der Waals surface area contributed by atoms with Crippen LogP contribution in [-0.4, -0.2) is 18.6 Å². The molecule has 20 heavy (non-hydrogen) atoms. The van der Waals surface area contributed by atoms with Crippen LogP contribution in [0.1, 0.15) is 45.1 Å². The fourth-order valence-electron chi connectivity index (χ4n) is 2.68. The minimum absolute atomic E-state index is 0.532. The number of hydrogen-bond acceptors (Lipinski definition) is 2. The zero-order chi connectivity index (χ0) is 14.1. The summed E-state index contributed by atoms with van der Waals surface area (Å²) < 4.78 is 1.20. The molecule has 2 fully saturated rings. The van der Waals surface area contributed by atoms with E-state index in [1.165, 1.54) is 48.0 Å². The van der Waals surface area contributed by atoms with E-state index in [1.807, 2.05) is 0 Å². The van der Waals surface area contributed by atoms with Gasteiger partial charge in [0.15, 0.2) is 0 Å². The molecule has 0 atom stereocenters. The molecule has 0 aliphatic heterocycles. The van der Waals surface area contributed by atoms with Crippen molar-refractivity contribution in [1.82, 2.24) is 5.32 Å². The third-order valence-corrected chi connectivity index (χ3v) is 4.69. The summed E-state index contributed by atoms with van der Waals surface area (Å²) in [4.78, 5) is 2.68. The van der Waals surface area contributed by atoms with Crippen molar-refractivity contribution in [3.63, 3.8) is 0 Å². The van der Waals surface area contributed by atoms with Crippen LogP contribution >= 0.6 is 15.9 Å². The van der Waals surface area contributed by atoms with Gasteiger partial charge in [-0.3, -0.25) is 0 Å². The highest BCUT2D eigenvalue weighted by Crippen LogP contribution is 2.39. The van der Waals surface area contributed by atoms with E-state index in [1.54, 1.807) is 0 Å². The smallest absolute Gasteiger partial charge is 0.0425 e. The van der Waals surface area contributed by atoms with Gasteiger partial charge in [0.2, 0.25) is 0 Å². The van der Waals surface area contributed by atoms with Gasteiger partial charge in [0.1, 0.15) is 0 Å². The molecule has 2 aliphatic rings. The molecule has 3 rings (SSSR count). The van der Waals surface area contributed by atoms with Crippen molar-refractivity contribution in [1.29, 1.82) is 0 Å². The maximum atomic E-state index is 3.65. The highest BCUT2D eigenvalue weighted by atomic mass is 79.9. The molecule has 2 nitrogen and oxygen atoms in total. The first kappa shape index (κ1) is 14.4. The summed E-state index contributed by atoms with van der Waals surface area (Å²) in [5.74, 6) is 0.945. The van der Waals surface area contributed by atoms with Gasteiger partial charge < -0.3 is 10.2 Å². The molecule has 0 unspecified atom stereocenters. The molecule has 2 saturated carbocycles. The van der Waals surface area contributed by atoms with Crippen molar-refractivity contribution in [2.45, 2.75) is 58.2 Å². The van der Waals surface area contributed by atoms with E-state index in [4.69, 9.17) is 0 Å². The van der Waals surface area contributed by atoms with Gasteiger partial charge in [0.25, 0.3) is 0 Å². The molecule has 3 heteroatoms. The summed E-state index contributed by atoms with van der Waals surface area (Å²) >= 11 is 3.65. The molecule has 110 valence electrons. The number of halogens is 1. The summed E-state index contributed by atoms with van der Waals surface area (Å²) in [7, 11) is 0. The summed E-state index contributed by atoms with van der Waals surface area (Å²) in [6, 6.07) is 8.09. The summed E-state index contributed by atoms with van der Waals surface area (Å²) in [5.41, 5.74) is 2.89. The Morgan fingerprint density at radius 3 is 2.60 bits per heavy atom. The molecule has 1 aromatic rings. The van der Waals surface area contributed by atoms with Gasteiger partial charge in [0, 0.05) is 35.3 Å². The van der Waals surface area contributed by atoms with Crippen molar-refractivity contribution >= 4 is 21.6 Å². The molecule has 2 aliphatic carbocycles. The second kappa shape index (κ2) is 6.07. The minimum atomic E-state index is 0.532. The fraction of sp³-hybridized carbons (Fsp3) is 0.647. The van der Waals surface area contributed by atoms with Crippen LogP contribution in [0.4, 0.5) is 5.69 Å². The maximum absolute atomic E-state index is 3.65. The number of nitrogens with one attached hydrogen (secondary N) is 1. The lowest BCUT2D eigenvalue weighted by molar-refractivity contribution is 0.586. The number of rotatable bonds is 7. The molecule has 0 radical (unpaired) electrons. The molecule has 0 saturated heterocycles. The van der Waals surface area contributed by atoms with Crippen LogP contribution in [0.2, 0.25) is 0 Å². The predicted octanol–water partition coefficient (Wildman–Crippen LogP) is 4.33. The van der Waals surface area contributed by atoms with Crippen LogP contribution < -0.4 is 10.2 Å². The quantitative estimate of drug-likeness (QED) is 0.797. The molecule has 0 spiro atoms. The van der Waals surface area contributed by atoms with E-state index in [0.717, 1.165) is 18.5 Å². The second-order valence-electron chi connectivity index (χ2n) is 6.64. The number of benzene rings is 1. The van der Waals surface area contributed by atoms with Crippen LogP contribution in [0.15, 0.2) is 22.7 Å². The Kier molecular flexibility index (Phi) is 4.37. The Morgan fingerprint density at radius 2 is 2.00 bits per heavy atom. The lowest BCUT2D eigenvalue weighted by Crippen LogP contribution is -2.30. The molecule has 0 amide bonds. The summed E-state index contributed by atoms with van der Waals surface area (Å²) in [5, 5.41) is 3.56. The third-order valence-electron chi connectivity index (χ3n) is 4.20. The largest absolute Gasteiger partial charge is 0.368 e. The average Bonchev–Trinajstić information content (AvgIpc) is 3.25. The first-order valence-corrected chi connectivity index (χ1v) is 8.71. The van der Waals surface area contributed by atoms with Gasteiger partial charge in [-0.05, 0) is 49.3 Å². The maximum Gasteiger partial charge on any atom is 0.0425 e. The van der Waals surface area contributed by atoms with Gasteiger partial charge in [-0.15, -0.1) is 0 Å². The van der Waals surface area contributed by atoms with E-state index < -0.39 is 0 Å². The van der Waals surface area contributed by atoms with Crippen LogP contribution in [0, 0.1) is 5.92 Å². The Labute approximate surface area is 131 Å². The van der Waals surface area contributed by atoms with Crippen molar-refractivity contribution in [2.75, 3.05) is 11.4 Å². The average molecular weight is 337 g/mol. The van der Waals surface area contributed by atoms with Gasteiger partial charge >= 0.3 is 0 Å². The van der Waals surface area contributed by atoms with E-state index >= 15 is 0 Å². The monoisotopic (exact) mass is 336 g/mol. The lowest BCUT2D eigenvalue weighted by Gasteiger charge is -2.28. The first-order chi connectivity index (χ1) is 9.63. The topological polar surface area (TPSA) is 15.3 Å². The van der Waals surface area contributed by atoms with Crippen LogP contribution in [0.3, 0.4) is 0 Å². The Bertz CT molecular complexity index is 464. The van der Waals surface area contributed by atoms with E-state index in [2.05, 4.69) is 58.2 Å². The second-order valence-corrected chi connectivity index (χ2v) is 7.55. The third kappa shape index (κ3) is 3.76. The normalized spacial score (nSPS) is 18.6. The van der Waals surface area contributed by atoms with Crippen LogP contribution in [-0.2, 0) is 6.54 Å². The molecule has 0 heterocycles. The van der Waals surface area contributed by atoms with Crippen molar-refractivity contribution in [3.8, 4) is 0 Å². The van der Waals surface area contributed by atoms with Gasteiger partial charge in [-0.2, -0.15) is 0 Å². The number of nitrogens with zero attached hydrogens (tertiary/aromatic N) is 1. The molecule has 0 bridgehead atoms. The molecule has 1 aromatic carbocycles. The zero-order valence-corrected chi connectivity index (χ0v) is 14.1. The van der Waals surface area contributed by atoms with Crippen molar-refractivity contribution in [2.24, 2.45) is 5.92 Å². The van der Waals surface area contributed by atoms with Crippen LogP contribution in [0.5, 0.6) is 0 Å².